The minimum atomic E-state index is -2.69. The molecule has 7 nitrogen and oxygen atoms in total. The molecule has 2 aliphatic heterocycles. The molecule has 0 aromatic carbocycles. The van der Waals surface area contributed by atoms with Gasteiger partial charge in [0.2, 0.25) is 5.88 Å². The van der Waals surface area contributed by atoms with Crippen LogP contribution in [0.25, 0.3) is 0 Å². The maximum atomic E-state index is 13.3. The number of aliphatic hydroxyl groups is 1. The molecule has 2 aliphatic carbocycles. The number of carbonyl (C=O) groups is 1. The van der Waals surface area contributed by atoms with Crippen molar-refractivity contribution >= 4 is 11.7 Å². The molecule has 1 aromatic heterocycles. The number of aliphatic carboxylic acids is 1. The van der Waals surface area contributed by atoms with Gasteiger partial charge in [0.15, 0.2) is 6.23 Å². The van der Waals surface area contributed by atoms with Gasteiger partial charge in [-0.1, -0.05) is 0 Å². The molecule has 3 unspecified atom stereocenters. The van der Waals surface area contributed by atoms with Crippen molar-refractivity contribution in [1.82, 2.24) is 9.88 Å². The Bertz CT molecular complexity index is 783. The molecule has 0 radical (unpaired) electrons. The van der Waals surface area contributed by atoms with Crippen molar-refractivity contribution in [2.45, 2.75) is 25.0 Å². The van der Waals surface area contributed by atoms with Crippen LogP contribution in [0.3, 0.4) is 0 Å². The molecular formula is C19H23F2N3O4. The molecule has 0 spiro atoms. The van der Waals surface area contributed by atoms with Gasteiger partial charge in [0.05, 0.1) is 31.3 Å². The van der Waals surface area contributed by atoms with E-state index in [4.69, 9.17) is 9.84 Å². The zero-order valence-electron chi connectivity index (χ0n) is 15.3. The number of nitrogens with zero attached hydrogens (tertiary/aromatic N) is 3. The van der Waals surface area contributed by atoms with Crippen LogP contribution in [0.15, 0.2) is 12.1 Å². The van der Waals surface area contributed by atoms with Gasteiger partial charge in [0, 0.05) is 13.1 Å². The maximum absolute atomic E-state index is 13.3. The van der Waals surface area contributed by atoms with Crippen molar-refractivity contribution < 1.29 is 28.5 Å². The first-order chi connectivity index (χ1) is 13.3. The summed E-state index contributed by atoms with van der Waals surface area (Å²) in [5.74, 6) is -2.83. The standard InChI is InChI=1S/C19H23F2N3O4/c20-19(21)8-24(9-19)14-4-3-13(22-16(14)28-7-10-1-2-10)17(25)23-5-11-12(6-23)15(11)18(26)27/h3-4,10-12,15,17,25H,1-2,5-9H2,(H,26,27). The molecule has 1 aromatic rings. The third kappa shape index (κ3) is 3.20. The Labute approximate surface area is 160 Å². The Morgan fingerprint density at radius 2 is 1.96 bits per heavy atom. The lowest BCUT2D eigenvalue weighted by Crippen LogP contribution is -2.56. The number of ether oxygens (including phenoxy) is 1. The third-order valence-electron chi connectivity index (χ3n) is 6.32. The van der Waals surface area contributed by atoms with Crippen LogP contribution in [0.5, 0.6) is 5.88 Å². The number of likely N-dealkylation sites (tertiary alicyclic amines) is 1. The number of pyridine rings is 1. The van der Waals surface area contributed by atoms with E-state index in [2.05, 4.69) is 4.98 Å². The summed E-state index contributed by atoms with van der Waals surface area (Å²) >= 11 is 0. The quantitative estimate of drug-likeness (QED) is 0.725. The van der Waals surface area contributed by atoms with E-state index >= 15 is 0 Å². The highest BCUT2D eigenvalue weighted by atomic mass is 19.3. The SMILES string of the molecule is O=C(O)C1C2CN(C(O)c3ccc(N4CC(F)(F)C4)c(OCC4CC4)n3)CC21. The van der Waals surface area contributed by atoms with Crippen molar-refractivity contribution in [2.24, 2.45) is 23.7 Å². The number of piperidine rings is 1. The highest BCUT2D eigenvalue weighted by molar-refractivity contribution is 5.74. The van der Waals surface area contributed by atoms with E-state index in [0.29, 0.717) is 37.0 Å². The second-order valence-corrected chi connectivity index (χ2v) is 8.55. The number of carboxylic acid groups (broad SMARTS) is 1. The van der Waals surface area contributed by atoms with Crippen LogP contribution in [0, 0.1) is 23.7 Å². The van der Waals surface area contributed by atoms with Crippen LogP contribution in [-0.2, 0) is 4.79 Å². The molecule has 4 fully saturated rings. The largest absolute Gasteiger partial charge is 0.481 e. The Balaban J connectivity index is 1.30. The molecule has 0 amide bonds. The van der Waals surface area contributed by atoms with E-state index in [-0.39, 0.29) is 36.7 Å². The summed E-state index contributed by atoms with van der Waals surface area (Å²) in [6.45, 7) is 0.814. The first-order valence-electron chi connectivity index (χ1n) is 9.74. The lowest BCUT2D eigenvalue weighted by atomic mass is 10.1. The molecule has 2 saturated carbocycles. The first-order valence-corrected chi connectivity index (χ1v) is 9.74. The van der Waals surface area contributed by atoms with Crippen molar-refractivity contribution in [3.05, 3.63) is 17.8 Å². The van der Waals surface area contributed by atoms with Crippen LogP contribution in [0.1, 0.15) is 24.8 Å². The van der Waals surface area contributed by atoms with E-state index < -0.39 is 18.1 Å². The molecule has 9 heteroatoms. The highest BCUT2D eigenvalue weighted by Gasteiger charge is 2.60. The second kappa shape index (κ2) is 6.25. The average molecular weight is 395 g/mol. The van der Waals surface area contributed by atoms with Gasteiger partial charge in [-0.05, 0) is 42.7 Å². The van der Waals surface area contributed by atoms with Gasteiger partial charge in [0.25, 0.3) is 5.92 Å². The summed E-state index contributed by atoms with van der Waals surface area (Å²) in [6.07, 6.45) is 1.24. The fourth-order valence-corrected chi connectivity index (χ4v) is 4.41. The van der Waals surface area contributed by atoms with Crippen LogP contribution in [0.2, 0.25) is 0 Å². The Morgan fingerprint density at radius 3 is 2.54 bits per heavy atom. The molecule has 0 bridgehead atoms. The van der Waals surface area contributed by atoms with Crippen LogP contribution < -0.4 is 9.64 Å². The van der Waals surface area contributed by atoms with E-state index in [0.717, 1.165) is 12.8 Å². The predicted molar refractivity (Wildman–Crippen MR) is 94.3 cm³/mol. The van der Waals surface area contributed by atoms with Crippen molar-refractivity contribution in [3.8, 4) is 5.88 Å². The Morgan fingerprint density at radius 1 is 1.29 bits per heavy atom. The van der Waals surface area contributed by atoms with Gasteiger partial charge in [0.1, 0.15) is 5.69 Å². The molecule has 2 N–H and O–H groups in total. The van der Waals surface area contributed by atoms with Crippen molar-refractivity contribution in [1.29, 1.82) is 0 Å². The number of aliphatic hydroxyl groups excluding tert-OH is 1. The van der Waals surface area contributed by atoms with Gasteiger partial charge < -0.3 is 19.8 Å². The lowest BCUT2D eigenvalue weighted by molar-refractivity contribution is -0.140. The Kier molecular flexibility index (Phi) is 4.03. The highest BCUT2D eigenvalue weighted by Crippen LogP contribution is 2.53. The average Bonchev–Trinajstić information content (AvgIpc) is 3.54. The summed E-state index contributed by atoms with van der Waals surface area (Å²) < 4.78 is 32.4. The number of hydrogen-bond acceptors (Lipinski definition) is 6. The number of anilines is 1. The molecule has 4 aliphatic rings. The molecule has 28 heavy (non-hydrogen) atoms. The van der Waals surface area contributed by atoms with Crippen molar-refractivity contribution in [3.63, 3.8) is 0 Å². The van der Waals surface area contributed by atoms with Gasteiger partial charge in [-0.3, -0.25) is 9.69 Å². The van der Waals surface area contributed by atoms with Gasteiger partial charge in [-0.2, -0.15) is 0 Å². The summed E-state index contributed by atoms with van der Waals surface area (Å²) in [7, 11) is 0. The Hall–Kier alpha value is -2.00. The van der Waals surface area contributed by atoms with Crippen LogP contribution in [-0.4, -0.2) is 64.8 Å². The zero-order valence-corrected chi connectivity index (χ0v) is 15.3. The van der Waals surface area contributed by atoms with Crippen molar-refractivity contribution in [2.75, 3.05) is 37.7 Å². The number of hydrogen-bond donors (Lipinski definition) is 2. The lowest BCUT2D eigenvalue weighted by Gasteiger charge is -2.40. The maximum Gasteiger partial charge on any atom is 0.307 e. The van der Waals surface area contributed by atoms with Gasteiger partial charge in [-0.15, -0.1) is 0 Å². The predicted octanol–water partition coefficient (Wildman–Crippen LogP) is 1.58. The molecule has 3 atom stereocenters. The van der Waals surface area contributed by atoms with E-state index in [1.54, 1.807) is 12.1 Å². The monoisotopic (exact) mass is 395 g/mol. The van der Waals surface area contributed by atoms with Crippen LogP contribution in [0.4, 0.5) is 14.5 Å². The zero-order chi connectivity index (χ0) is 19.6. The molecule has 5 rings (SSSR count). The molecule has 2 saturated heterocycles. The number of rotatable bonds is 7. The first kappa shape index (κ1) is 18.1. The smallest absolute Gasteiger partial charge is 0.307 e. The minimum Gasteiger partial charge on any atom is -0.481 e. The molecule has 152 valence electrons. The summed E-state index contributed by atoms with van der Waals surface area (Å²) in [5.41, 5.74) is 0.924. The normalized spacial score (nSPS) is 31.8. The fraction of sp³-hybridized carbons (Fsp3) is 0.684. The van der Waals surface area contributed by atoms with Crippen LogP contribution >= 0.6 is 0 Å². The number of halogens is 2. The summed E-state index contributed by atoms with van der Waals surface area (Å²) in [6, 6.07) is 3.32. The van der Waals surface area contributed by atoms with E-state index in [9.17, 15) is 18.7 Å². The van der Waals surface area contributed by atoms with Gasteiger partial charge >= 0.3 is 5.97 Å². The summed E-state index contributed by atoms with van der Waals surface area (Å²) in [4.78, 5) is 18.9. The minimum absolute atomic E-state index is 0.0836. The number of fused-ring (bicyclic) bond motifs is 1. The fourth-order valence-electron chi connectivity index (χ4n) is 4.41. The molecular weight excluding hydrogens is 372 g/mol. The summed E-state index contributed by atoms with van der Waals surface area (Å²) in [5, 5.41) is 19.8. The third-order valence-corrected chi connectivity index (χ3v) is 6.32. The topological polar surface area (TPSA) is 86.1 Å². The second-order valence-electron chi connectivity index (χ2n) is 8.55. The number of carboxylic acids is 1. The number of alkyl halides is 2. The van der Waals surface area contributed by atoms with E-state index in [1.165, 1.54) is 4.90 Å². The molecule has 3 heterocycles. The van der Waals surface area contributed by atoms with E-state index in [1.807, 2.05) is 4.90 Å². The van der Waals surface area contributed by atoms with Gasteiger partial charge in [-0.25, -0.2) is 13.8 Å². The number of aromatic nitrogens is 1.